The van der Waals surface area contributed by atoms with Crippen LogP contribution in [0.2, 0.25) is 0 Å². The quantitative estimate of drug-likeness (QED) is 0.568. The Balaban J connectivity index is 3.77. The van der Waals surface area contributed by atoms with E-state index in [9.17, 15) is 9.00 Å². The minimum atomic E-state index is -2.04. The summed E-state index contributed by atoms with van der Waals surface area (Å²) in [4.78, 5) is 10.7. The summed E-state index contributed by atoms with van der Waals surface area (Å²) in [6.45, 7) is 0. The summed E-state index contributed by atoms with van der Waals surface area (Å²) in [7, 11) is 1.15. The van der Waals surface area contributed by atoms with Crippen LogP contribution in [-0.4, -0.2) is 29.1 Å². The minimum absolute atomic E-state index is 0.139. The van der Waals surface area contributed by atoms with E-state index in [-0.39, 0.29) is 5.75 Å². The first-order chi connectivity index (χ1) is 5.11. The van der Waals surface area contributed by atoms with Crippen LogP contribution in [0.15, 0.2) is 0 Å². The number of thiol groups is 1. The predicted molar refractivity (Wildman–Crippen MR) is 43.1 cm³/mol. The van der Waals surface area contributed by atoms with E-state index < -0.39 is 23.4 Å². The average Bonchev–Trinajstić information content (AvgIpc) is 2.02. The van der Waals surface area contributed by atoms with Gasteiger partial charge in [0.2, 0.25) is 0 Å². The smallest absolute Gasteiger partial charge is 0.342 e. The van der Waals surface area contributed by atoms with Crippen molar-refractivity contribution in [1.29, 1.82) is 0 Å². The molecule has 11 heavy (non-hydrogen) atoms. The Hall–Kier alpha value is -0.110. The fourth-order valence-corrected chi connectivity index (χ4v) is 0.712. The van der Waals surface area contributed by atoms with Crippen molar-refractivity contribution in [3.05, 3.63) is 0 Å². The zero-order valence-electron chi connectivity index (χ0n) is 5.85. The van der Waals surface area contributed by atoms with E-state index in [2.05, 4.69) is 21.0 Å². The highest BCUT2D eigenvalue weighted by Crippen LogP contribution is 1.92. The number of hydrogen-bond donors (Lipinski definition) is 2. The minimum Gasteiger partial charge on any atom is -0.342 e. The fraction of sp³-hybridized carbons (Fsp3) is 0.750. The monoisotopic (exact) mass is 199 g/mol. The molecule has 0 aromatic rings. The Labute approximate surface area is 72.5 Å². The molecule has 0 saturated heterocycles. The van der Waals surface area contributed by atoms with Crippen LogP contribution in [0.25, 0.3) is 0 Å². The second-order valence-corrected chi connectivity index (χ2v) is 2.84. The van der Waals surface area contributed by atoms with Crippen molar-refractivity contribution >= 4 is 30.0 Å². The largest absolute Gasteiger partial charge is 0.362 e. The Morgan fingerprint density at radius 3 is 2.73 bits per heavy atom. The van der Waals surface area contributed by atoms with Crippen LogP contribution in [0.3, 0.4) is 0 Å². The summed E-state index contributed by atoms with van der Waals surface area (Å²) in [5.41, 5.74) is 5.18. The third kappa shape index (κ3) is 4.35. The van der Waals surface area contributed by atoms with E-state index in [1.54, 1.807) is 0 Å². The highest BCUT2D eigenvalue weighted by Gasteiger charge is 2.16. The predicted octanol–water partition coefficient (Wildman–Crippen LogP) is -0.988. The Kier molecular flexibility index (Phi) is 5.47. The van der Waals surface area contributed by atoms with Gasteiger partial charge < -0.3 is 9.92 Å². The molecule has 0 fully saturated rings. The molecule has 0 rings (SSSR count). The molecule has 0 aromatic carbocycles. The van der Waals surface area contributed by atoms with Crippen molar-refractivity contribution in [3.63, 3.8) is 0 Å². The van der Waals surface area contributed by atoms with Gasteiger partial charge >= 0.3 is 17.3 Å². The van der Waals surface area contributed by atoms with Crippen LogP contribution in [0.1, 0.15) is 0 Å². The average molecular weight is 199 g/mol. The molecule has 0 spiro atoms. The molecule has 0 radical (unpaired) electrons. The van der Waals surface area contributed by atoms with E-state index in [1.165, 1.54) is 0 Å². The van der Waals surface area contributed by atoms with Crippen molar-refractivity contribution in [2.24, 2.45) is 5.73 Å². The summed E-state index contributed by atoms with van der Waals surface area (Å²) < 4.78 is 18.8. The van der Waals surface area contributed by atoms with E-state index >= 15 is 0 Å². The molecule has 2 atom stereocenters. The van der Waals surface area contributed by atoms with Crippen molar-refractivity contribution in [2.45, 2.75) is 6.04 Å². The zero-order chi connectivity index (χ0) is 8.85. The Bertz CT molecular complexity index is 162. The molecule has 2 unspecified atom stereocenters. The van der Waals surface area contributed by atoms with Gasteiger partial charge in [-0.05, 0) is 0 Å². The molecule has 0 aliphatic carbocycles. The van der Waals surface area contributed by atoms with Crippen molar-refractivity contribution in [2.75, 3.05) is 12.9 Å². The maximum atomic E-state index is 10.7. The standard InChI is InChI=1S/C4H9NO4S2/c1-8-11(7)9-4(6)3(5)2-10/h3,10H,2,5H2,1H3. The highest BCUT2D eigenvalue weighted by molar-refractivity contribution is 7.80. The molecule has 2 N–H and O–H groups in total. The lowest BCUT2D eigenvalue weighted by Gasteiger charge is -2.04. The van der Waals surface area contributed by atoms with E-state index in [0.717, 1.165) is 7.11 Å². The summed E-state index contributed by atoms with van der Waals surface area (Å²) in [5.74, 6) is -0.653. The third-order valence-corrected chi connectivity index (χ3v) is 1.75. The van der Waals surface area contributed by atoms with Gasteiger partial charge in [-0.15, -0.1) is 0 Å². The second kappa shape index (κ2) is 5.53. The van der Waals surface area contributed by atoms with E-state index in [1.807, 2.05) is 0 Å². The second-order valence-electron chi connectivity index (χ2n) is 1.56. The molecule has 7 heteroatoms. The fourth-order valence-electron chi connectivity index (χ4n) is 0.237. The van der Waals surface area contributed by atoms with Gasteiger partial charge in [-0.2, -0.15) is 16.8 Å². The van der Waals surface area contributed by atoms with Gasteiger partial charge in [0.05, 0.1) is 7.11 Å². The van der Waals surface area contributed by atoms with Crippen LogP contribution in [0.5, 0.6) is 0 Å². The van der Waals surface area contributed by atoms with Crippen LogP contribution >= 0.6 is 12.6 Å². The van der Waals surface area contributed by atoms with Crippen molar-refractivity contribution < 1.29 is 17.4 Å². The molecule has 66 valence electrons. The first-order valence-electron chi connectivity index (χ1n) is 2.66. The van der Waals surface area contributed by atoms with Crippen LogP contribution in [0, 0.1) is 0 Å². The molecule has 0 aliphatic heterocycles. The first-order valence-corrected chi connectivity index (χ1v) is 4.30. The SMILES string of the molecule is COS(=O)OC(=O)C(N)CS. The summed E-state index contributed by atoms with van der Waals surface area (Å²) in [6, 6.07) is -0.863. The van der Waals surface area contributed by atoms with Gasteiger partial charge in [0.25, 0.3) is 0 Å². The van der Waals surface area contributed by atoms with Crippen LogP contribution < -0.4 is 5.73 Å². The molecule has 0 amide bonds. The summed E-state index contributed by atoms with van der Waals surface area (Å²) in [5, 5.41) is 0. The lowest BCUT2D eigenvalue weighted by molar-refractivity contribution is -0.134. The molecule has 0 aromatic heterocycles. The summed E-state index contributed by atoms with van der Waals surface area (Å²) in [6.07, 6.45) is 0. The van der Waals surface area contributed by atoms with Gasteiger partial charge in [-0.3, -0.25) is 4.18 Å². The van der Waals surface area contributed by atoms with Gasteiger partial charge in [-0.25, -0.2) is 4.79 Å². The molecular formula is C4H9NO4S2. The van der Waals surface area contributed by atoms with Gasteiger partial charge in [-0.1, -0.05) is 0 Å². The van der Waals surface area contributed by atoms with Gasteiger partial charge in [0.15, 0.2) is 0 Å². The normalized spacial score (nSPS) is 15.5. The molecule has 0 heterocycles. The Morgan fingerprint density at radius 2 is 2.36 bits per heavy atom. The lowest BCUT2D eigenvalue weighted by Crippen LogP contribution is -2.34. The lowest BCUT2D eigenvalue weighted by atomic mass is 10.4. The number of rotatable bonds is 4. The number of nitrogens with two attached hydrogens (primary N) is 1. The van der Waals surface area contributed by atoms with Crippen molar-refractivity contribution in [1.82, 2.24) is 0 Å². The molecule has 0 aliphatic rings. The number of carbonyl (C=O) groups is 1. The van der Waals surface area contributed by atoms with Crippen LogP contribution in [0.4, 0.5) is 0 Å². The summed E-state index contributed by atoms with van der Waals surface area (Å²) >= 11 is 1.70. The van der Waals surface area contributed by atoms with Gasteiger partial charge in [0, 0.05) is 5.75 Å². The van der Waals surface area contributed by atoms with E-state index in [4.69, 9.17) is 5.73 Å². The topological polar surface area (TPSA) is 78.6 Å². The zero-order valence-corrected chi connectivity index (χ0v) is 7.56. The maximum absolute atomic E-state index is 10.7. The van der Waals surface area contributed by atoms with E-state index in [0.29, 0.717) is 0 Å². The number of hydrogen-bond acceptors (Lipinski definition) is 6. The molecular weight excluding hydrogens is 190 g/mol. The first kappa shape index (κ1) is 10.9. The molecule has 0 bridgehead atoms. The molecule has 5 nitrogen and oxygen atoms in total. The van der Waals surface area contributed by atoms with Crippen LogP contribution in [-0.2, 0) is 24.5 Å². The Morgan fingerprint density at radius 1 is 1.82 bits per heavy atom. The van der Waals surface area contributed by atoms with Gasteiger partial charge in [0.1, 0.15) is 6.04 Å². The third-order valence-electron chi connectivity index (χ3n) is 0.786. The highest BCUT2D eigenvalue weighted by atomic mass is 32.2. The molecule has 0 saturated carbocycles. The van der Waals surface area contributed by atoms with Crippen molar-refractivity contribution in [3.8, 4) is 0 Å². The maximum Gasteiger partial charge on any atom is 0.362 e. The number of carbonyl (C=O) groups excluding carboxylic acids is 1.